The summed E-state index contributed by atoms with van der Waals surface area (Å²) in [5.74, 6) is -0.0352. The number of ether oxygens (including phenoxy) is 1. The molecule has 0 radical (unpaired) electrons. The summed E-state index contributed by atoms with van der Waals surface area (Å²) in [7, 11) is 0. The van der Waals surface area contributed by atoms with Gasteiger partial charge in [-0.25, -0.2) is 0 Å². The molecule has 0 aromatic rings. The average Bonchev–Trinajstić information content (AvgIpc) is 3.45. The summed E-state index contributed by atoms with van der Waals surface area (Å²) in [5, 5.41) is 23.1. The van der Waals surface area contributed by atoms with Crippen molar-refractivity contribution in [3.05, 3.63) is 12.2 Å². The Labute approximate surface area is 495 Å². The summed E-state index contributed by atoms with van der Waals surface area (Å²) < 4.78 is 5.51. The summed E-state index contributed by atoms with van der Waals surface area (Å²) in [4.78, 5) is 24.6. The van der Waals surface area contributed by atoms with Crippen molar-refractivity contribution in [1.82, 2.24) is 5.32 Å². The van der Waals surface area contributed by atoms with Crippen molar-refractivity contribution in [2.75, 3.05) is 13.2 Å². The first-order valence-corrected chi connectivity index (χ1v) is 36.5. The lowest BCUT2D eigenvalue weighted by atomic mass is 10.0. The van der Waals surface area contributed by atoms with Gasteiger partial charge in [-0.3, -0.25) is 9.59 Å². The number of hydrogen-bond donors (Lipinski definition) is 3. The van der Waals surface area contributed by atoms with E-state index in [1.54, 1.807) is 6.08 Å². The van der Waals surface area contributed by atoms with E-state index in [1.807, 2.05) is 6.08 Å². The van der Waals surface area contributed by atoms with Crippen LogP contribution in [-0.2, 0) is 14.3 Å². The summed E-state index contributed by atoms with van der Waals surface area (Å²) in [6, 6.07) is -0.622. The molecule has 79 heavy (non-hydrogen) atoms. The Morgan fingerprint density at radius 3 is 0.861 bits per heavy atom. The molecule has 0 heterocycles. The normalized spacial score (nSPS) is 12.5. The highest BCUT2D eigenvalue weighted by atomic mass is 16.5. The standard InChI is InChI=1S/C73H143NO5/c1-3-5-7-9-11-13-15-17-18-39-43-47-51-55-59-63-67-73(78)79-68-64-60-56-52-48-44-40-37-35-33-31-29-27-25-23-21-19-20-22-24-26-28-30-32-34-36-38-42-46-50-54-58-62-66-72(77)74-70(69-75)71(76)65-61-57-53-49-45-41-16-14-12-10-8-6-4-2/h61,65,70-71,75-76H,3-60,62-64,66-69H2,1-2H3,(H,74,77)/b65-61+. The fourth-order valence-electron chi connectivity index (χ4n) is 11.8. The van der Waals surface area contributed by atoms with E-state index in [2.05, 4.69) is 19.2 Å². The van der Waals surface area contributed by atoms with E-state index in [9.17, 15) is 19.8 Å². The van der Waals surface area contributed by atoms with Crippen LogP contribution in [0.1, 0.15) is 418 Å². The van der Waals surface area contributed by atoms with E-state index in [-0.39, 0.29) is 18.5 Å². The average molecular weight is 1110 g/mol. The van der Waals surface area contributed by atoms with Crippen LogP contribution in [0.4, 0.5) is 0 Å². The predicted octanol–water partition coefficient (Wildman–Crippen LogP) is 23.5. The van der Waals surface area contributed by atoms with Gasteiger partial charge in [0.15, 0.2) is 0 Å². The highest BCUT2D eigenvalue weighted by molar-refractivity contribution is 5.76. The van der Waals surface area contributed by atoms with Gasteiger partial charge in [0.1, 0.15) is 0 Å². The maximum atomic E-state index is 12.5. The van der Waals surface area contributed by atoms with Gasteiger partial charge < -0.3 is 20.3 Å². The van der Waals surface area contributed by atoms with Crippen LogP contribution in [0.15, 0.2) is 12.2 Å². The van der Waals surface area contributed by atoms with E-state index in [1.165, 1.54) is 353 Å². The molecule has 470 valence electrons. The number of amides is 1. The number of unbranched alkanes of at least 4 members (excludes halogenated alkanes) is 58. The molecule has 0 rings (SSSR count). The second-order valence-electron chi connectivity index (χ2n) is 25.3. The molecule has 0 aliphatic heterocycles. The molecule has 0 aromatic heterocycles. The molecule has 6 heteroatoms. The van der Waals surface area contributed by atoms with Crippen molar-refractivity contribution in [3.63, 3.8) is 0 Å². The molecule has 0 saturated carbocycles. The van der Waals surface area contributed by atoms with Crippen LogP contribution in [0.2, 0.25) is 0 Å². The fraction of sp³-hybridized carbons (Fsp3) is 0.945. The van der Waals surface area contributed by atoms with Crippen molar-refractivity contribution >= 4 is 11.9 Å². The van der Waals surface area contributed by atoms with Gasteiger partial charge in [0.2, 0.25) is 5.91 Å². The molecule has 0 saturated heterocycles. The van der Waals surface area contributed by atoms with Crippen molar-refractivity contribution in [3.8, 4) is 0 Å². The molecule has 2 unspecified atom stereocenters. The summed E-state index contributed by atoms with van der Waals surface area (Å²) >= 11 is 0. The second-order valence-corrected chi connectivity index (χ2v) is 25.3. The minimum Gasteiger partial charge on any atom is -0.466 e. The monoisotopic (exact) mass is 1110 g/mol. The Balaban J connectivity index is 3.30. The van der Waals surface area contributed by atoms with Gasteiger partial charge in [0.05, 0.1) is 25.4 Å². The predicted molar refractivity (Wildman–Crippen MR) is 347 cm³/mol. The van der Waals surface area contributed by atoms with Crippen LogP contribution in [0.25, 0.3) is 0 Å². The third kappa shape index (κ3) is 65.6. The number of nitrogens with one attached hydrogen (secondary N) is 1. The van der Waals surface area contributed by atoms with Crippen molar-refractivity contribution in [1.29, 1.82) is 0 Å². The highest BCUT2D eigenvalue weighted by Gasteiger charge is 2.18. The molecule has 0 aliphatic carbocycles. The molecule has 3 N–H and O–H groups in total. The number of aliphatic hydroxyl groups is 2. The zero-order valence-electron chi connectivity index (χ0n) is 53.9. The van der Waals surface area contributed by atoms with Crippen LogP contribution in [-0.4, -0.2) is 47.4 Å². The molecule has 1 amide bonds. The summed E-state index contributed by atoms with van der Waals surface area (Å²) in [6.07, 6.45) is 86.0. The Kier molecular flexibility index (Phi) is 67.9. The Hall–Kier alpha value is -1.40. The first-order valence-electron chi connectivity index (χ1n) is 36.5. The fourth-order valence-corrected chi connectivity index (χ4v) is 11.8. The summed E-state index contributed by atoms with van der Waals surface area (Å²) in [6.45, 7) is 4.94. The van der Waals surface area contributed by atoms with Gasteiger partial charge in [-0.15, -0.1) is 0 Å². The number of carbonyl (C=O) groups is 2. The van der Waals surface area contributed by atoms with E-state index >= 15 is 0 Å². The van der Waals surface area contributed by atoms with Gasteiger partial charge in [-0.2, -0.15) is 0 Å². The zero-order chi connectivity index (χ0) is 57.1. The summed E-state index contributed by atoms with van der Waals surface area (Å²) in [5.41, 5.74) is 0. The van der Waals surface area contributed by atoms with Crippen molar-refractivity contribution in [2.45, 2.75) is 431 Å². The molecule has 0 spiro atoms. The largest absolute Gasteiger partial charge is 0.466 e. The molecule has 0 aliphatic rings. The zero-order valence-corrected chi connectivity index (χ0v) is 53.9. The third-order valence-corrected chi connectivity index (χ3v) is 17.3. The molecule has 0 fully saturated rings. The Morgan fingerprint density at radius 2 is 0.582 bits per heavy atom. The van der Waals surface area contributed by atoms with Gasteiger partial charge in [0.25, 0.3) is 0 Å². The number of rotatable bonds is 69. The second kappa shape index (κ2) is 69.1. The number of esters is 1. The maximum absolute atomic E-state index is 12.5. The Bertz CT molecular complexity index is 1190. The molecule has 6 nitrogen and oxygen atoms in total. The Morgan fingerprint density at radius 1 is 0.342 bits per heavy atom. The third-order valence-electron chi connectivity index (χ3n) is 17.3. The van der Waals surface area contributed by atoms with Crippen LogP contribution in [0.5, 0.6) is 0 Å². The van der Waals surface area contributed by atoms with Gasteiger partial charge in [0, 0.05) is 12.8 Å². The lowest BCUT2D eigenvalue weighted by molar-refractivity contribution is -0.143. The minimum atomic E-state index is -0.839. The quantitative estimate of drug-likeness (QED) is 0.0320. The van der Waals surface area contributed by atoms with E-state index in [0.717, 1.165) is 38.5 Å². The van der Waals surface area contributed by atoms with E-state index in [4.69, 9.17) is 4.74 Å². The van der Waals surface area contributed by atoms with Crippen LogP contribution in [0, 0.1) is 0 Å². The lowest BCUT2D eigenvalue weighted by Gasteiger charge is -2.20. The smallest absolute Gasteiger partial charge is 0.305 e. The maximum Gasteiger partial charge on any atom is 0.305 e. The SMILES string of the molecule is CCCCCCCCCCCCC/C=C/C(O)C(CO)NC(=O)CCCCCCCCCCCCCCCCCCCCCCCCCCCCCCCCCCCOC(=O)CCCCCCCCCCCCCCCCCC. The van der Waals surface area contributed by atoms with Gasteiger partial charge >= 0.3 is 5.97 Å². The first-order chi connectivity index (χ1) is 39.0. The van der Waals surface area contributed by atoms with E-state index < -0.39 is 12.1 Å². The molecule has 2 atom stereocenters. The van der Waals surface area contributed by atoms with Crippen molar-refractivity contribution < 1.29 is 24.5 Å². The van der Waals surface area contributed by atoms with Gasteiger partial charge in [-0.1, -0.05) is 386 Å². The number of hydrogen-bond acceptors (Lipinski definition) is 5. The van der Waals surface area contributed by atoms with Crippen LogP contribution < -0.4 is 5.32 Å². The molecular weight excluding hydrogens is 971 g/mol. The minimum absolute atomic E-state index is 0.0258. The number of allylic oxidation sites excluding steroid dienone is 1. The molecular formula is C73H143NO5. The van der Waals surface area contributed by atoms with E-state index in [0.29, 0.717) is 19.4 Å². The topological polar surface area (TPSA) is 95.9 Å². The van der Waals surface area contributed by atoms with Gasteiger partial charge in [-0.05, 0) is 32.1 Å². The number of carbonyl (C=O) groups excluding carboxylic acids is 2. The molecule has 0 bridgehead atoms. The molecule has 0 aromatic carbocycles. The van der Waals surface area contributed by atoms with Crippen molar-refractivity contribution in [2.24, 2.45) is 0 Å². The number of aliphatic hydroxyl groups excluding tert-OH is 2. The highest BCUT2D eigenvalue weighted by Crippen LogP contribution is 2.20. The van der Waals surface area contributed by atoms with Crippen LogP contribution in [0.3, 0.4) is 0 Å². The lowest BCUT2D eigenvalue weighted by Crippen LogP contribution is -2.45. The van der Waals surface area contributed by atoms with Crippen LogP contribution >= 0.6 is 0 Å². The first kappa shape index (κ1) is 77.6.